The molecular weight excluding hydrogens is 210 g/mol. The molecule has 58 valence electrons. The summed E-state index contributed by atoms with van der Waals surface area (Å²) in [6.45, 7) is 0. The number of anilines is 1. The molecule has 1 rings (SSSR count). The Morgan fingerprint density at radius 1 is 1.73 bits per heavy atom. The van der Waals surface area contributed by atoms with E-state index in [2.05, 4.69) is 31.2 Å². The van der Waals surface area contributed by atoms with E-state index in [4.69, 9.17) is 0 Å². The van der Waals surface area contributed by atoms with Crippen molar-refractivity contribution in [3.8, 4) is 0 Å². The van der Waals surface area contributed by atoms with Crippen LogP contribution in [0.5, 0.6) is 0 Å². The number of halogens is 1. The summed E-state index contributed by atoms with van der Waals surface area (Å²) in [7, 11) is 0. The summed E-state index contributed by atoms with van der Waals surface area (Å²) in [5.41, 5.74) is -0.363. The second-order valence-corrected chi connectivity index (χ2v) is 2.25. The van der Waals surface area contributed by atoms with Crippen molar-refractivity contribution in [2.24, 2.45) is 0 Å². The highest BCUT2D eigenvalue weighted by Crippen LogP contribution is 1.95. The zero-order valence-electron chi connectivity index (χ0n) is 5.54. The van der Waals surface area contributed by atoms with Gasteiger partial charge < -0.3 is 5.32 Å². The van der Waals surface area contributed by atoms with E-state index in [9.17, 15) is 4.79 Å². The minimum absolute atomic E-state index is 0.363. The van der Waals surface area contributed by atoms with Crippen molar-refractivity contribution >= 4 is 21.7 Å². The molecule has 1 aromatic heterocycles. The van der Waals surface area contributed by atoms with Crippen LogP contribution in [-0.4, -0.2) is 9.97 Å². The predicted molar refractivity (Wildman–Crippen MR) is 46.5 cm³/mol. The quantitative estimate of drug-likeness (QED) is 0.776. The van der Waals surface area contributed by atoms with E-state index in [0.29, 0.717) is 5.82 Å². The number of hydrogen-bond acceptors (Lipinski definition) is 3. The number of aromatic nitrogens is 2. The lowest BCUT2D eigenvalue weighted by Gasteiger charge is -1.96. The van der Waals surface area contributed by atoms with Crippen LogP contribution in [0.3, 0.4) is 0 Å². The third-order valence-corrected chi connectivity index (χ3v) is 1.24. The zero-order valence-corrected chi connectivity index (χ0v) is 7.13. The number of aromatic amines is 1. The first-order valence-electron chi connectivity index (χ1n) is 2.90. The fourth-order valence-corrected chi connectivity index (χ4v) is 0.706. The maximum Gasteiger partial charge on any atom is 0.346 e. The van der Waals surface area contributed by atoms with Crippen LogP contribution in [0.2, 0.25) is 0 Å². The Kier molecular flexibility index (Phi) is 2.85. The molecule has 4 nitrogen and oxygen atoms in total. The van der Waals surface area contributed by atoms with Crippen molar-refractivity contribution in [1.29, 1.82) is 0 Å². The van der Waals surface area contributed by atoms with Crippen molar-refractivity contribution in [3.05, 3.63) is 33.9 Å². The predicted octanol–water partition coefficient (Wildman–Crippen LogP) is 1.05. The standard InChI is InChI=1S/C6H6BrN3O/c7-2-4-8-5-1-3-9-6(11)10-5/h1-4H,(H2,8,9,10,11). The van der Waals surface area contributed by atoms with Crippen LogP contribution in [0.1, 0.15) is 0 Å². The summed E-state index contributed by atoms with van der Waals surface area (Å²) in [4.78, 5) is 18.2. The normalized spacial score (nSPS) is 10.3. The minimum atomic E-state index is -0.363. The van der Waals surface area contributed by atoms with Gasteiger partial charge in [0.25, 0.3) is 0 Å². The second-order valence-electron chi connectivity index (χ2n) is 1.73. The van der Waals surface area contributed by atoms with Crippen molar-refractivity contribution in [3.63, 3.8) is 0 Å². The van der Waals surface area contributed by atoms with Gasteiger partial charge in [-0.25, -0.2) is 9.78 Å². The molecule has 0 bridgehead atoms. The van der Waals surface area contributed by atoms with Crippen molar-refractivity contribution in [2.45, 2.75) is 0 Å². The lowest BCUT2D eigenvalue weighted by Crippen LogP contribution is -2.10. The maximum atomic E-state index is 10.6. The van der Waals surface area contributed by atoms with Crippen molar-refractivity contribution < 1.29 is 0 Å². The fourth-order valence-electron chi connectivity index (χ4n) is 0.574. The van der Waals surface area contributed by atoms with E-state index in [-0.39, 0.29) is 5.69 Å². The number of hydrogen-bond donors (Lipinski definition) is 2. The second kappa shape index (κ2) is 3.92. The number of H-pyrrole nitrogens is 1. The third-order valence-electron chi connectivity index (χ3n) is 0.976. The number of nitrogens with zero attached hydrogens (tertiary/aromatic N) is 1. The molecule has 0 aliphatic carbocycles. The smallest absolute Gasteiger partial charge is 0.346 e. The third kappa shape index (κ3) is 2.55. The van der Waals surface area contributed by atoms with Gasteiger partial charge in [-0.3, -0.25) is 4.98 Å². The first kappa shape index (κ1) is 8.00. The molecule has 11 heavy (non-hydrogen) atoms. The van der Waals surface area contributed by atoms with E-state index in [0.717, 1.165) is 0 Å². The summed E-state index contributed by atoms with van der Waals surface area (Å²) in [6.07, 6.45) is 3.08. The summed E-state index contributed by atoms with van der Waals surface area (Å²) in [5.74, 6) is 0.612. The topological polar surface area (TPSA) is 57.8 Å². The molecule has 0 spiro atoms. The van der Waals surface area contributed by atoms with Gasteiger partial charge in [-0.15, -0.1) is 0 Å². The summed E-state index contributed by atoms with van der Waals surface area (Å²) in [5, 5.41) is 2.81. The first-order valence-corrected chi connectivity index (χ1v) is 3.81. The molecular formula is C6H6BrN3O. The van der Waals surface area contributed by atoms with Crippen LogP contribution < -0.4 is 11.0 Å². The Morgan fingerprint density at radius 2 is 2.55 bits per heavy atom. The molecule has 0 atom stereocenters. The Hall–Kier alpha value is -1.10. The molecule has 0 radical (unpaired) electrons. The van der Waals surface area contributed by atoms with Crippen LogP contribution in [0.4, 0.5) is 5.82 Å². The highest BCUT2D eigenvalue weighted by Gasteiger charge is 1.86. The zero-order chi connectivity index (χ0) is 8.10. The molecule has 0 aromatic carbocycles. The Balaban J connectivity index is 2.79. The summed E-state index contributed by atoms with van der Waals surface area (Å²) < 4.78 is 0. The molecule has 0 aliphatic rings. The summed E-state index contributed by atoms with van der Waals surface area (Å²) >= 11 is 3.07. The molecule has 1 heterocycles. The largest absolute Gasteiger partial charge is 0.348 e. The van der Waals surface area contributed by atoms with E-state index in [1.54, 1.807) is 17.3 Å². The molecule has 0 amide bonds. The van der Waals surface area contributed by atoms with Gasteiger partial charge in [0.2, 0.25) is 0 Å². The Morgan fingerprint density at radius 3 is 3.18 bits per heavy atom. The van der Waals surface area contributed by atoms with E-state index >= 15 is 0 Å². The fraction of sp³-hybridized carbons (Fsp3) is 0. The Bertz CT molecular complexity index is 307. The van der Waals surface area contributed by atoms with Gasteiger partial charge in [0.1, 0.15) is 5.82 Å². The van der Waals surface area contributed by atoms with Gasteiger partial charge in [-0.1, -0.05) is 15.9 Å². The van der Waals surface area contributed by atoms with Gasteiger partial charge in [0, 0.05) is 12.4 Å². The molecule has 5 heteroatoms. The molecule has 0 fully saturated rings. The molecule has 0 aliphatic heterocycles. The number of nitrogens with one attached hydrogen (secondary N) is 2. The summed E-state index contributed by atoms with van der Waals surface area (Å²) in [6, 6.07) is 1.66. The molecule has 0 saturated carbocycles. The lowest BCUT2D eigenvalue weighted by molar-refractivity contribution is 1.08. The Labute approximate surface area is 71.5 Å². The van der Waals surface area contributed by atoms with Gasteiger partial charge in [0.05, 0.1) is 0 Å². The van der Waals surface area contributed by atoms with Crippen LogP contribution in [-0.2, 0) is 0 Å². The van der Waals surface area contributed by atoms with Crippen LogP contribution >= 0.6 is 15.9 Å². The highest BCUT2D eigenvalue weighted by molar-refractivity contribution is 9.11. The maximum absolute atomic E-state index is 10.6. The lowest BCUT2D eigenvalue weighted by atomic mass is 10.6. The molecule has 0 unspecified atom stereocenters. The monoisotopic (exact) mass is 215 g/mol. The van der Waals surface area contributed by atoms with E-state index in [1.165, 1.54) is 6.20 Å². The van der Waals surface area contributed by atoms with Gasteiger partial charge in [-0.2, -0.15) is 0 Å². The number of rotatable bonds is 2. The van der Waals surface area contributed by atoms with E-state index < -0.39 is 0 Å². The van der Waals surface area contributed by atoms with Crippen LogP contribution in [0.15, 0.2) is 28.2 Å². The first-order chi connectivity index (χ1) is 5.33. The SMILES string of the molecule is O=c1nccc(NC=CBr)[nH]1. The van der Waals surface area contributed by atoms with Crippen molar-refractivity contribution in [1.82, 2.24) is 9.97 Å². The van der Waals surface area contributed by atoms with Gasteiger partial charge >= 0.3 is 5.69 Å². The van der Waals surface area contributed by atoms with Gasteiger partial charge in [0.15, 0.2) is 0 Å². The average Bonchev–Trinajstić information content (AvgIpc) is 2.01. The molecule has 1 aromatic rings. The molecule has 2 N–H and O–H groups in total. The van der Waals surface area contributed by atoms with Gasteiger partial charge in [-0.05, 0) is 11.1 Å². The minimum Gasteiger partial charge on any atom is -0.348 e. The highest BCUT2D eigenvalue weighted by atomic mass is 79.9. The van der Waals surface area contributed by atoms with E-state index in [1.807, 2.05) is 0 Å². The average molecular weight is 216 g/mol. The van der Waals surface area contributed by atoms with Crippen LogP contribution in [0, 0.1) is 0 Å². The van der Waals surface area contributed by atoms with Crippen LogP contribution in [0.25, 0.3) is 0 Å². The van der Waals surface area contributed by atoms with Crippen molar-refractivity contribution in [2.75, 3.05) is 5.32 Å². The molecule has 0 saturated heterocycles.